The summed E-state index contributed by atoms with van der Waals surface area (Å²) in [7, 11) is 0. The van der Waals surface area contributed by atoms with Gasteiger partial charge in [-0.05, 0) is 37.3 Å². The molecule has 0 unspecified atom stereocenters. The number of rotatable bonds is 5. The van der Waals surface area contributed by atoms with E-state index in [1.54, 1.807) is 6.92 Å². The van der Waals surface area contributed by atoms with Crippen molar-refractivity contribution in [3.05, 3.63) is 29.8 Å². The molecule has 0 bridgehead atoms. The molecule has 1 aromatic rings. The molecule has 110 valence electrons. The molecule has 1 aliphatic rings. The van der Waals surface area contributed by atoms with E-state index in [4.69, 9.17) is 4.74 Å². The molecule has 20 heavy (non-hydrogen) atoms. The third-order valence-electron chi connectivity index (χ3n) is 3.86. The van der Waals surface area contributed by atoms with Gasteiger partial charge in [0.2, 0.25) is 0 Å². The fraction of sp³-hybridized carbons (Fsp3) is 0.588. The van der Waals surface area contributed by atoms with E-state index in [1.807, 2.05) is 24.3 Å². The number of piperidine rings is 1. The molecule has 2 rings (SSSR count). The van der Waals surface area contributed by atoms with Gasteiger partial charge in [-0.15, -0.1) is 0 Å². The van der Waals surface area contributed by atoms with Gasteiger partial charge < -0.3 is 4.74 Å². The zero-order chi connectivity index (χ0) is 14.5. The Morgan fingerprint density at radius 2 is 2.00 bits per heavy atom. The fourth-order valence-electron chi connectivity index (χ4n) is 3.07. The lowest BCUT2D eigenvalue weighted by Crippen LogP contribution is -2.40. The number of carbonyl (C=O) groups is 1. The first-order valence-corrected chi connectivity index (χ1v) is 7.50. The molecule has 0 N–H and O–H groups in total. The number of likely N-dealkylation sites (tertiary alicyclic amines) is 1. The van der Waals surface area contributed by atoms with Crippen LogP contribution < -0.4 is 4.74 Å². The molecule has 0 aliphatic carbocycles. The van der Waals surface area contributed by atoms with Gasteiger partial charge in [-0.1, -0.05) is 26.0 Å². The lowest BCUT2D eigenvalue weighted by molar-refractivity contribution is 0.101. The smallest absolute Gasteiger partial charge is 0.159 e. The SMILES string of the molecule is CC(=O)c1cccc(OCCN2C[C@@H](C)C[C@H](C)C2)c1. The number of benzene rings is 1. The van der Waals surface area contributed by atoms with E-state index in [9.17, 15) is 4.79 Å². The van der Waals surface area contributed by atoms with Crippen molar-refractivity contribution in [2.75, 3.05) is 26.2 Å². The van der Waals surface area contributed by atoms with E-state index in [2.05, 4.69) is 18.7 Å². The van der Waals surface area contributed by atoms with Gasteiger partial charge in [-0.2, -0.15) is 0 Å². The Morgan fingerprint density at radius 3 is 2.65 bits per heavy atom. The monoisotopic (exact) mass is 275 g/mol. The van der Waals surface area contributed by atoms with Gasteiger partial charge in [-0.25, -0.2) is 0 Å². The predicted molar refractivity (Wildman–Crippen MR) is 81.3 cm³/mol. The van der Waals surface area contributed by atoms with E-state index in [-0.39, 0.29) is 5.78 Å². The average Bonchev–Trinajstić information content (AvgIpc) is 2.38. The van der Waals surface area contributed by atoms with Crippen molar-refractivity contribution in [2.24, 2.45) is 11.8 Å². The molecule has 0 spiro atoms. The zero-order valence-corrected chi connectivity index (χ0v) is 12.8. The van der Waals surface area contributed by atoms with E-state index in [0.29, 0.717) is 12.2 Å². The van der Waals surface area contributed by atoms with Crippen LogP contribution in [-0.2, 0) is 0 Å². The minimum Gasteiger partial charge on any atom is -0.492 e. The molecule has 0 radical (unpaired) electrons. The standard InChI is InChI=1S/C17H25NO2/c1-13-9-14(2)12-18(11-13)7-8-20-17-6-4-5-16(10-17)15(3)19/h4-6,10,13-14H,7-9,11-12H2,1-3H3/t13-,14-/m0/s1. The van der Waals surface area contributed by atoms with Crippen LogP contribution in [0, 0.1) is 11.8 Å². The topological polar surface area (TPSA) is 29.5 Å². The van der Waals surface area contributed by atoms with Crippen LogP contribution in [0.25, 0.3) is 0 Å². The van der Waals surface area contributed by atoms with E-state index < -0.39 is 0 Å². The van der Waals surface area contributed by atoms with Crippen LogP contribution in [0.1, 0.15) is 37.6 Å². The summed E-state index contributed by atoms with van der Waals surface area (Å²) in [5.74, 6) is 2.42. The Balaban J connectivity index is 1.81. The molecule has 3 nitrogen and oxygen atoms in total. The summed E-state index contributed by atoms with van der Waals surface area (Å²) in [4.78, 5) is 13.8. The molecule has 0 aromatic heterocycles. The first-order valence-electron chi connectivity index (χ1n) is 7.50. The van der Waals surface area contributed by atoms with Gasteiger partial charge in [0, 0.05) is 25.2 Å². The van der Waals surface area contributed by atoms with Gasteiger partial charge in [0.05, 0.1) is 0 Å². The van der Waals surface area contributed by atoms with Crippen molar-refractivity contribution < 1.29 is 9.53 Å². The lowest BCUT2D eigenvalue weighted by Gasteiger charge is -2.34. The summed E-state index contributed by atoms with van der Waals surface area (Å²) >= 11 is 0. The number of hydrogen-bond donors (Lipinski definition) is 0. The Bertz CT molecular complexity index is 448. The average molecular weight is 275 g/mol. The van der Waals surface area contributed by atoms with Crippen LogP contribution in [-0.4, -0.2) is 36.9 Å². The normalized spacial score (nSPS) is 23.6. The van der Waals surface area contributed by atoms with Gasteiger partial charge in [-0.3, -0.25) is 9.69 Å². The number of nitrogens with zero attached hydrogens (tertiary/aromatic N) is 1. The van der Waals surface area contributed by atoms with Crippen molar-refractivity contribution >= 4 is 5.78 Å². The molecular weight excluding hydrogens is 250 g/mol. The third-order valence-corrected chi connectivity index (χ3v) is 3.86. The van der Waals surface area contributed by atoms with E-state index >= 15 is 0 Å². The predicted octanol–water partition coefficient (Wildman–Crippen LogP) is 3.25. The van der Waals surface area contributed by atoms with Crippen molar-refractivity contribution in [3.63, 3.8) is 0 Å². The Hall–Kier alpha value is -1.35. The molecule has 1 fully saturated rings. The molecule has 0 amide bonds. The number of hydrogen-bond acceptors (Lipinski definition) is 3. The maximum absolute atomic E-state index is 11.3. The summed E-state index contributed by atoms with van der Waals surface area (Å²) in [6.45, 7) is 10.2. The van der Waals surface area contributed by atoms with Crippen molar-refractivity contribution in [3.8, 4) is 5.75 Å². The Labute approximate surface area is 121 Å². The second kappa shape index (κ2) is 6.89. The van der Waals surface area contributed by atoms with Gasteiger partial charge >= 0.3 is 0 Å². The zero-order valence-electron chi connectivity index (χ0n) is 12.8. The Kier molecular flexibility index (Phi) is 5.18. The van der Waals surface area contributed by atoms with Crippen LogP contribution in [0.15, 0.2) is 24.3 Å². The van der Waals surface area contributed by atoms with Crippen molar-refractivity contribution in [1.82, 2.24) is 4.90 Å². The van der Waals surface area contributed by atoms with Gasteiger partial charge in [0.25, 0.3) is 0 Å². The summed E-state index contributed by atoms with van der Waals surface area (Å²) in [6.07, 6.45) is 1.33. The minimum atomic E-state index is 0.0779. The maximum Gasteiger partial charge on any atom is 0.159 e. The minimum absolute atomic E-state index is 0.0779. The van der Waals surface area contributed by atoms with Crippen LogP contribution in [0.2, 0.25) is 0 Å². The van der Waals surface area contributed by atoms with Crippen LogP contribution >= 0.6 is 0 Å². The number of carbonyl (C=O) groups excluding carboxylic acids is 1. The number of Topliss-reactive ketones (excluding diaryl/α,β-unsaturated/α-hetero) is 1. The summed E-state index contributed by atoms with van der Waals surface area (Å²) in [5.41, 5.74) is 0.711. The van der Waals surface area contributed by atoms with Crippen molar-refractivity contribution in [2.45, 2.75) is 27.2 Å². The summed E-state index contributed by atoms with van der Waals surface area (Å²) < 4.78 is 5.78. The van der Waals surface area contributed by atoms with Gasteiger partial charge in [0.15, 0.2) is 5.78 Å². The van der Waals surface area contributed by atoms with Crippen LogP contribution in [0.3, 0.4) is 0 Å². The van der Waals surface area contributed by atoms with Crippen LogP contribution in [0.5, 0.6) is 5.75 Å². The number of ether oxygens (including phenoxy) is 1. The highest BCUT2D eigenvalue weighted by atomic mass is 16.5. The van der Waals surface area contributed by atoms with Gasteiger partial charge in [0.1, 0.15) is 12.4 Å². The van der Waals surface area contributed by atoms with Crippen LogP contribution in [0.4, 0.5) is 0 Å². The highest BCUT2D eigenvalue weighted by Crippen LogP contribution is 2.20. The molecule has 1 aromatic carbocycles. The molecule has 1 saturated heterocycles. The summed E-state index contributed by atoms with van der Waals surface area (Å²) in [5, 5.41) is 0. The highest BCUT2D eigenvalue weighted by Gasteiger charge is 2.21. The third kappa shape index (κ3) is 4.34. The fourth-order valence-corrected chi connectivity index (χ4v) is 3.07. The molecule has 0 saturated carbocycles. The number of ketones is 1. The van der Waals surface area contributed by atoms with E-state index in [0.717, 1.165) is 24.1 Å². The molecule has 1 aliphatic heterocycles. The Morgan fingerprint density at radius 1 is 1.30 bits per heavy atom. The van der Waals surface area contributed by atoms with Crippen molar-refractivity contribution in [1.29, 1.82) is 0 Å². The summed E-state index contributed by atoms with van der Waals surface area (Å²) in [6, 6.07) is 7.43. The molecule has 1 heterocycles. The lowest BCUT2D eigenvalue weighted by atomic mass is 9.92. The maximum atomic E-state index is 11.3. The highest BCUT2D eigenvalue weighted by molar-refractivity contribution is 5.94. The second-order valence-corrected chi connectivity index (χ2v) is 6.14. The second-order valence-electron chi connectivity index (χ2n) is 6.14. The largest absolute Gasteiger partial charge is 0.492 e. The quantitative estimate of drug-likeness (QED) is 0.773. The van der Waals surface area contributed by atoms with E-state index in [1.165, 1.54) is 19.5 Å². The first kappa shape index (κ1) is 15.0. The first-order chi connectivity index (χ1) is 9.54. The molecule has 3 heteroatoms. The molecule has 2 atom stereocenters. The molecular formula is C17H25NO2.